The summed E-state index contributed by atoms with van der Waals surface area (Å²) >= 11 is 6.36. The van der Waals surface area contributed by atoms with Crippen LogP contribution in [0, 0.1) is 6.92 Å². The van der Waals surface area contributed by atoms with Gasteiger partial charge in [-0.15, -0.1) is 0 Å². The van der Waals surface area contributed by atoms with Gasteiger partial charge in [-0.05, 0) is 36.8 Å². The van der Waals surface area contributed by atoms with Crippen LogP contribution in [0.25, 0.3) is 21.8 Å². The molecule has 30 heavy (non-hydrogen) atoms. The van der Waals surface area contributed by atoms with Gasteiger partial charge in [0.15, 0.2) is 5.75 Å². The van der Waals surface area contributed by atoms with Crippen molar-refractivity contribution >= 4 is 56.4 Å². The highest BCUT2D eigenvalue weighted by Gasteiger charge is 2.14. The summed E-state index contributed by atoms with van der Waals surface area (Å²) in [6.45, 7) is 1.88. The van der Waals surface area contributed by atoms with Gasteiger partial charge in [0.1, 0.15) is 0 Å². The third kappa shape index (κ3) is 3.55. The van der Waals surface area contributed by atoms with Gasteiger partial charge in [-0.1, -0.05) is 23.7 Å². The Hall–Kier alpha value is -3.58. The SMILES string of the molecule is COc1cnc2cc(Cl)c(NC(=O)Cc3cccc4nc(C)cc(N)c34)cc2c1N. The quantitative estimate of drug-likeness (QED) is 0.456. The second kappa shape index (κ2) is 7.68. The predicted molar refractivity (Wildman–Crippen MR) is 121 cm³/mol. The van der Waals surface area contributed by atoms with E-state index in [2.05, 4.69) is 15.3 Å². The van der Waals surface area contributed by atoms with Gasteiger partial charge in [-0.25, -0.2) is 0 Å². The standard InChI is InChI=1S/C22H20ClN5O2/c1-11-6-15(24)21-12(4-3-5-16(21)27-11)7-20(29)28-18-8-13-17(9-14(18)23)26-10-19(30-2)22(13)25/h3-6,8-10H,7H2,1-2H3,(H2,24,27)(H2,25,26)(H,28,29). The number of hydrogen-bond acceptors (Lipinski definition) is 6. The molecular formula is C22H20ClN5O2. The van der Waals surface area contributed by atoms with Crippen molar-refractivity contribution in [3.05, 3.63) is 58.9 Å². The van der Waals surface area contributed by atoms with E-state index in [0.717, 1.165) is 22.2 Å². The van der Waals surface area contributed by atoms with E-state index in [9.17, 15) is 4.79 Å². The number of halogens is 1. The highest BCUT2D eigenvalue weighted by Crippen LogP contribution is 2.34. The van der Waals surface area contributed by atoms with Crippen molar-refractivity contribution in [2.24, 2.45) is 0 Å². The lowest BCUT2D eigenvalue weighted by Gasteiger charge is -2.13. The van der Waals surface area contributed by atoms with Crippen LogP contribution in [0.4, 0.5) is 17.1 Å². The van der Waals surface area contributed by atoms with Crippen molar-refractivity contribution in [1.29, 1.82) is 0 Å². The molecule has 152 valence electrons. The summed E-state index contributed by atoms with van der Waals surface area (Å²) in [7, 11) is 1.52. The number of rotatable bonds is 4. The molecule has 2 aromatic heterocycles. The summed E-state index contributed by atoms with van der Waals surface area (Å²) in [6.07, 6.45) is 1.65. The number of methoxy groups -OCH3 is 1. The average molecular weight is 422 g/mol. The molecular weight excluding hydrogens is 402 g/mol. The maximum Gasteiger partial charge on any atom is 0.228 e. The molecule has 0 fully saturated rings. The molecule has 7 nitrogen and oxygen atoms in total. The number of ether oxygens (including phenoxy) is 1. The Bertz CT molecular complexity index is 1310. The second-order valence-corrected chi connectivity index (χ2v) is 7.39. The van der Waals surface area contributed by atoms with Gasteiger partial charge in [-0.3, -0.25) is 14.8 Å². The number of fused-ring (bicyclic) bond motifs is 2. The van der Waals surface area contributed by atoms with E-state index in [1.165, 1.54) is 13.3 Å². The molecule has 4 aromatic rings. The van der Waals surface area contributed by atoms with Crippen molar-refractivity contribution < 1.29 is 9.53 Å². The number of aromatic nitrogens is 2. The third-order valence-corrected chi connectivity index (χ3v) is 5.20. The van der Waals surface area contributed by atoms with E-state index < -0.39 is 0 Å². The summed E-state index contributed by atoms with van der Waals surface area (Å²) in [5, 5.41) is 4.64. The lowest BCUT2D eigenvalue weighted by Crippen LogP contribution is -2.15. The molecule has 0 aliphatic heterocycles. The number of benzene rings is 2. The first-order chi connectivity index (χ1) is 14.4. The Labute approximate surface area is 178 Å². The molecule has 8 heteroatoms. The monoisotopic (exact) mass is 421 g/mol. The lowest BCUT2D eigenvalue weighted by molar-refractivity contribution is -0.115. The highest BCUT2D eigenvalue weighted by molar-refractivity contribution is 6.34. The number of carbonyl (C=O) groups is 1. The van der Waals surface area contributed by atoms with Crippen LogP contribution in [0.3, 0.4) is 0 Å². The number of amides is 1. The summed E-state index contributed by atoms with van der Waals surface area (Å²) in [4.78, 5) is 21.6. The van der Waals surface area contributed by atoms with Crippen LogP contribution in [-0.2, 0) is 11.2 Å². The normalized spacial score (nSPS) is 11.0. The van der Waals surface area contributed by atoms with E-state index in [1.54, 1.807) is 18.2 Å². The van der Waals surface area contributed by atoms with Gasteiger partial charge < -0.3 is 21.5 Å². The third-order valence-electron chi connectivity index (χ3n) is 4.89. The van der Waals surface area contributed by atoms with Crippen molar-refractivity contribution in [2.45, 2.75) is 13.3 Å². The fourth-order valence-electron chi connectivity index (χ4n) is 3.52. The molecule has 2 heterocycles. The number of nitrogens with two attached hydrogens (primary N) is 2. The van der Waals surface area contributed by atoms with Gasteiger partial charge in [-0.2, -0.15) is 0 Å². The van der Waals surface area contributed by atoms with E-state index in [1.807, 2.05) is 25.1 Å². The maximum absolute atomic E-state index is 12.8. The minimum atomic E-state index is -0.238. The molecule has 0 aliphatic rings. The van der Waals surface area contributed by atoms with Gasteiger partial charge in [0.2, 0.25) is 5.91 Å². The van der Waals surface area contributed by atoms with Crippen LogP contribution in [0.1, 0.15) is 11.3 Å². The number of anilines is 3. The lowest BCUT2D eigenvalue weighted by atomic mass is 10.0. The minimum absolute atomic E-state index is 0.118. The molecule has 5 N–H and O–H groups in total. The fourth-order valence-corrected chi connectivity index (χ4v) is 3.73. The first-order valence-corrected chi connectivity index (χ1v) is 9.61. The van der Waals surface area contributed by atoms with Crippen LogP contribution >= 0.6 is 11.6 Å². The topological polar surface area (TPSA) is 116 Å². The van der Waals surface area contributed by atoms with E-state index in [0.29, 0.717) is 38.7 Å². The van der Waals surface area contributed by atoms with Crippen molar-refractivity contribution in [2.75, 3.05) is 23.9 Å². The molecule has 4 rings (SSSR count). The average Bonchev–Trinajstić information content (AvgIpc) is 2.69. The zero-order valence-electron chi connectivity index (χ0n) is 16.5. The highest BCUT2D eigenvalue weighted by atomic mass is 35.5. The van der Waals surface area contributed by atoms with E-state index in [4.69, 9.17) is 27.8 Å². The summed E-state index contributed by atoms with van der Waals surface area (Å²) in [5.41, 5.74) is 16.8. The Morgan fingerprint density at radius 1 is 1.20 bits per heavy atom. The fraction of sp³-hybridized carbons (Fsp3) is 0.136. The van der Waals surface area contributed by atoms with Crippen LogP contribution in [0.5, 0.6) is 5.75 Å². The predicted octanol–water partition coefficient (Wildman–Crippen LogP) is 4.10. The van der Waals surface area contributed by atoms with Crippen molar-refractivity contribution in [3.63, 3.8) is 0 Å². The van der Waals surface area contributed by atoms with Gasteiger partial charge in [0.25, 0.3) is 0 Å². The summed E-state index contributed by atoms with van der Waals surface area (Å²) in [6, 6.07) is 10.8. The molecule has 0 saturated heterocycles. The number of nitrogen functional groups attached to an aromatic ring is 2. The van der Waals surface area contributed by atoms with Crippen molar-refractivity contribution in [1.82, 2.24) is 9.97 Å². The molecule has 0 bridgehead atoms. The van der Waals surface area contributed by atoms with Gasteiger partial charge in [0.05, 0.1) is 47.2 Å². The van der Waals surface area contributed by atoms with Crippen LogP contribution in [0.15, 0.2) is 42.6 Å². The van der Waals surface area contributed by atoms with Gasteiger partial charge >= 0.3 is 0 Å². The number of aryl methyl sites for hydroxylation is 1. The molecule has 0 unspecified atom stereocenters. The molecule has 2 aromatic carbocycles. The first-order valence-electron chi connectivity index (χ1n) is 9.23. The van der Waals surface area contributed by atoms with E-state index >= 15 is 0 Å². The number of carbonyl (C=O) groups excluding carboxylic acids is 1. The Morgan fingerprint density at radius 3 is 2.77 bits per heavy atom. The van der Waals surface area contributed by atoms with Crippen LogP contribution < -0.4 is 21.5 Å². The molecule has 1 amide bonds. The Balaban J connectivity index is 1.66. The maximum atomic E-state index is 12.8. The zero-order valence-corrected chi connectivity index (χ0v) is 17.2. The first kappa shape index (κ1) is 19.7. The number of nitrogens with zero attached hydrogens (tertiary/aromatic N) is 2. The molecule has 0 atom stereocenters. The smallest absolute Gasteiger partial charge is 0.228 e. The van der Waals surface area contributed by atoms with Crippen LogP contribution in [-0.4, -0.2) is 23.0 Å². The number of nitrogens with one attached hydrogen (secondary N) is 1. The summed E-state index contributed by atoms with van der Waals surface area (Å²) in [5.74, 6) is 0.217. The molecule has 0 spiro atoms. The van der Waals surface area contributed by atoms with Crippen molar-refractivity contribution in [3.8, 4) is 5.75 Å². The number of hydrogen-bond donors (Lipinski definition) is 3. The second-order valence-electron chi connectivity index (χ2n) is 6.98. The molecule has 0 aliphatic carbocycles. The Morgan fingerprint density at radius 2 is 2.00 bits per heavy atom. The zero-order chi connectivity index (χ0) is 21.4. The largest absolute Gasteiger partial charge is 0.493 e. The number of pyridine rings is 2. The Kier molecular flexibility index (Phi) is 5.05. The molecule has 0 radical (unpaired) electrons. The van der Waals surface area contributed by atoms with Crippen LogP contribution in [0.2, 0.25) is 5.02 Å². The van der Waals surface area contributed by atoms with Gasteiger partial charge in [0, 0.05) is 22.2 Å². The van der Waals surface area contributed by atoms with E-state index in [-0.39, 0.29) is 12.3 Å². The molecule has 0 saturated carbocycles. The summed E-state index contributed by atoms with van der Waals surface area (Å²) < 4.78 is 5.22. The minimum Gasteiger partial charge on any atom is -0.493 e.